The molecule has 5 heteroatoms. The van der Waals surface area contributed by atoms with E-state index in [0.717, 1.165) is 34.4 Å². The quantitative estimate of drug-likeness (QED) is 0.714. The molecule has 0 amide bonds. The molecule has 21 heavy (non-hydrogen) atoms. The lowest BCUT2D eigenvalue weighted by atomic mass is 9.64. The zero-order valence-corrected chi connectivity index (χ0v) is 14.9. The summed E-state index contributed by atoms with van der Waals surface area (Å²) in [5.41, 5.74) is 2.24. The minimum absolute atomic E-state index is 0.0900. The second-order valence-electron chi connectivity index (χ2n) is 6.18. The Bertz CT molecular complexity index is 668. The smallest absolute Gasteiger partial charge is 0.125 e. The van der Waals surface area contributed by atoms with E-state index in [1.807, 2.05) is 12.1 Å². The molecule has 2 aromatic rings. The van der Waals surface area contributed by atoms with Crippen molar-refractivity contribution in [2.75, 3.05) is 6.61 Å². The van der Waals surface area contributed by atoms with Gasteiger partial charge in [-0.25, -0.2) is 4.98 Å². The van der Waals surface area contributed by atoms with Crippen molar-refractivity contribution in [2.45, 2.75) is 45.2 Å². The van der Waals surface area contributed by atoms with Gasteiger partial charge in [0.15, 0.2) is 0 Å². The highest BCUT2D eigenvalue weighted by atomic mass is 79.9. The fraction of sp³-hybridized carbons (Fsp3) is 0.562. The van der Waals surface area contributed by atoms with Crippen molar-refractivity contribution in [1.82, 2.24) is 9.55 Å². The Balaban J connectivity index is 2.06. The Morgan fingerprint density at radius 3 is 2.86 bits per heavy atom. The van der Waals surface area contributed by atoms with Crippen LogP contribution in [-0.2, 0) is 10.6 Å². The number of alkyl halides is 1. The maximum Gasteiger partial charge on any atom is 0.125 e. The first-order valence-electron chi connectivity index (χ1n) is 7.33. The fourth-order valence-electron chi connectivity index (χ4n) is 3.34. The van der Waals surface area contributed by atoms with E-state index < -0.39 is 0 Å². The summed E-state index contributed by atoms with van der Waals surface area (Å²) in [6.45, 7) is 7.35. The first-order valence-corrected chi connectivity index (χ1v) is 8.65. The normalized spacial score (nSPS) is 24.2. The Kier molecular flexibility index (Phi) is 4.06. The van der Waals surface area contributed by atoms with Crippen LogP contribution in [0.3, 0.4) is 0 Å². The predicted octanol–water partition coefficient (Wildman–Crippen LogP) is 4.91. The number of imidazole rings is 1. The number of aromatic nitrogens is 2. The van der Waals surface area contributed by atoms with E-state index in [4.69, 9.17) is 16.3 Å². The number of benzene rings is 1. The molecule has 0 spiro atoms. The van der Waals surface area contributed by atoms with Crippen LogP contribution in [0.25, 0.3) is 11.0 Å². The lowest BCUT2D eigenvalue weighted by Gasteiger charge is -2.52. The monoisotopic (exact) mass is 370 g/mol. The van der Waals surface area contributed by atoms with Gasteiger partial charge < -0.3 is 9.30 Å². The number of ether oxygens (including phenoxy) is 1. The highest BCUT2D eigenvalue weighted by Crippen LogP contribution is 2.52. The van der Waals surface area contributed by atoms with Crippen LogP contribution < -0.4 is 0 Å². The van der Waals surface area contributed by atoms with E-state index >= 15 is 0 Å². The summed E-state index contributed by atoms with van der Waals surface area (Å²) in [6, 6.07) is 6.56. The lowest BCUT2D eigenvalue weighted by Crippen LogP contribution is -2.51. The second kappa shape index (κ2) is 5.56. The summed E-state index contributed by atoms with van der Waals surface area (Å²) >= 11 is 9.69. The first-order chi connectivity index (χ1) is 9.98. The fourth-order valence-corrected chi connectivity index (χ4v) is 3.88. The van der Waals surface area contributed by atoms with Crippen LogP contribution >= 0.6 is 27.5 Å². The molecule has 1 heterocycles. The number of fused-ring (bicyclic) bond motifs is 1. The number of halogens is 2. The van der Waals surface area contributed by atoms with Crippen LogP contribution in [0.2, 0.25) is 0 Å². The molecule has 1 aromatic heterocycles. The van der Waals surface area contributed by atoms with Crippen LogP contribution in [0.15, 0.2) is 22.7 Å². The molecule has 114 valence electrons. The van der Waals surface area contributed by atoms with Gasteiger partial charge in [0.2, 0.25) is 0 Å². The Morgan fingerprint density at radius 1 is 1.48 bits per heavy atom. The molecule has 2 atom stereocenters. The van der Waals surface area contributed by atoms with Crippen LogP contribution in [0.4, 0.5) is 0 Å². The van der Waals surface area contributed by atoms with Gasteiger partial charge in [0.1, 0.15) is 5.82 Å². The molecule has 2 unspecified atom stereocenters. The van der Waals surface area contributed by atoms with E-state index in [-0.39, 0.29) is 5.41 Å². The molecule has 1 aliphatic carbocycles. The van der Waals surface area contributed by atoms with Gasteiger partial charge in [-0.3, -0.25) is 0 Å². The van der Waals surface area contributed by atoms with Crippen molar-refractivity contribution in [3.63, 3.8) is 0 Å². The molecule has 0 radical (unpaired) electrons. The van der Waals surface area contributed by atoms with Crippen molar-refractivity contribution in [3.8, 4) is 0 Å². The number of hydrogen-bond donors (Lipinski definition) is 0. The third kappa shape index (κ3) is 2.41. The molecular weight excluding hydrogens is 352 g/mol. The van der Waals surface area contributed by atoms with Gasteiger partial charge in [0.25, 0.3) is 0 Å². The van der Waals surface area contributed by atoms with Gasteiger partial charge in [0, 0.05) is 22.5 Å². The molecule has 1 saturated carbocycles. The van der Waals surface area contributed by atoms with Crippen LogP contribution in [0.1, 0.15) is 39.1 Å². The predicted molar refractivity (Wildman–Crippen MR) is 89.8 cm³/mol. The van der Waals surface area contributed by atoms with Crippen LogP contribution in [0.5, 0.6) is 0 Å². The van der Waals surface area contributed by atoms with Gasteiger partial charge in [-0.05, 0) is 31.5 Å². The van der Waals surface area contributed by atoms with Gasteiger partial charge in [-0.2, -0.15) is 0 Å². The summed E-state index contributed by atoms with van der Waals surface area (Å²) in [4.78, 5) is 4.68. The van der Waals surface area contributed by atoms with Gasteiger partial charge in [-0.15, -0.1) is 11.6 Å². The van der Waals surface area contributed by atoms with Crippen LogP contribution in [0, 0.1) is 5.41 Å². The van der Waals surface area contributed by atoms with E-state index in [0.29, 0.717) is 18.0 Å². The molecule has 3 nitrogen and oxygen atoms in total. The molecule has 1 aromatic carbocycles. The van der Waals surface area contributed by atoms with Gasteiger partial charge >= 0.3 is 0 Å². The molecular formula is C16H20BrClN2O. The van der Waals surface area contributed by atoms with Crippen molar-refractivity contribution in [3.05, 3.63) is 28.5 Å². The molecule has 0 aliphatic heterocycles. The summed E-state index contributed by atoms with van der Waals surface area (Å²) < 4.78 is 9.23. The Morgan fingerprint density at radius 2 is 2.24 bits per heavy atom. The van der Waals surface area contributed by atoms with Crippen molar-refractivity contribution < 1.29 is 4.74 Å². The van der Waals surface area contributed by atoms with Crippen molar-refractivity contribution in [2.24, 2.45) is 5.41 Å². The van der Waals surface area contributed by atoms with Gasteiger partial charge in [-0.1, -0.05) is 29.8 Å². The molecule has 1 aliphatic rings. The van der Waals surface area contributed by atoms with E-state index in [1.54, 1.807) is 0 Å². The highest BCUT2D eigenvalue weighted by Gasteiger charge is 2.50. The third-order valence-electron chi connectivity index (χ3n) is 4.65. The highest BCUT2D eigenvalue weighted by molar-refractivity contribution is 9.10. The van der Waals surface area contributed by atoms with Gasteiger partial charge in [0.05, 0.1) is 23.0 Å². The second-order valence-corrected chi connectivity index (χ2v) is 7.36. The van der Waals surface area contributed by atoms with Crippen molar-refractivity contribution >= 4 is 38.6 Å². The standard InChI is InChI=1S/C16H20BrClN2O/c1-4-21-14-8-13(16(14,2)3)20-12-7-10(17)5-6-11(12)19-15(20)9-18/h5-7,13-14H,4,8-9H2,1-3H3. The number of nitrogens with zero attached hydrogens (tertiary/aromatic N) is 2. The number of rotatable bonds is 4. The Hall–Kier alpha value is -0.580. The molecule has 0 N–H and O–H groups in total. The lowest BCUT2D eigenvalue weighted by molar-refractivity contribution is -0.127. The maximum absolute atomic E-state index is 6.13. The number of hydrogen-bond acceptors (Lipinski definition) is 2. The van der Waals surface area contributed by atoms with Crippen molar-refractivity contribution in [1.29, 1.82) is 0 Å². The average molecular weight is 372 g/mol. The summed E-state index contributed by atoms with van der Waals surface area (Å²) in [5, 5.41) is 0. The maximum atomic E-state index is 6.13. The Labute approximate surface area is 138 Å². The molecule has 1 fully saturated rings. The van der Waals surface area contributed by atoms with Crippen LogP contribution in [-0.4, -0.2) is 22.3 Å². The average Bonchev–Trinajstić information content (AvgIpc) is 2.80. The molecule has 0 saturated heterocycles. The van der Waals surface area contributed by atoms with E-state index in [1.165, 1.54) is 0 Å². The van der Waals surface area contributed by atoms with E-state index in [9.17, 15) is 0 Å². The third-order valence-corrected chi connectivity index (χ3v) is 5.38. The summed E-state index contributed by atoms with van der Waals surface area (Å²) in [6.07, 6.45) is 1.32. The largest absolute Gasteiger partial charge is 0.378 e. The zero-order valence-electron chi connectivity index (χ0n) is 12.6. The first kappa shape index (κ1) is 15.3. The minimum Gasteiger partial charge on any atom is -0.378 e. The summed E-state index contributed by atoms with van der Waals surface area (Å²) in [7, 11) is 0. The molecule has 3 rings (SSSR count). The van der Waals surface area contributed by atoms with E-state index in [2.05, 4.69) is 52.3 Å². The topological polar surface area (TPSA) is 27.1 Å². The zero-order chi connectivity index (χ0) is 15.2. The minimum atomic E-state index is 0.0900. The SMILES string of the molecule is CCOC1CC(n2c(CCl)nc3ccc(Br)cc32)C1(C)C. The molecule has 0 bridgehead atoms. The summed E-state index contributed by atoms with van der Waals surface area (Å²) in [5.74, 6) is 1.37.